The third kappa shape index (κ3) is 18.9. The first kappa shape index (κ1) is 29.7. The molecule has 1 N–H and O–H groups in total. The summed E-state index contributed by atoms with van der Waals surface area (Å²) >= 11 is 0. The van der Waals surface area contributed by atoms with Gasteiger partial charge in [-0.2, -0.15) is 0 Å². The molecule has 0 aliphatic carbocycles. The van der Waals surface area contributed by atoms with Crippen LogP contribution in [0.25, 0.3) is 0 Å². The van der Waals surface area contributed by atoms with Gasteiger partial charge in [-0.05, 0) is 25.7 Å². The van der Waals surface area contributed by atoms with Crippen molar-refractivity contribution >= 4 is 10.1 Å². The first-order chi connectivity index (χ1) is 11.9. The van der Waals surface area contributed by atoms with Crippen LogP contribution in [0.5, 0.6) is 0 Å². The molecule has 0 saturated carbocycles. The first-order valence-corrected chi connectivity index (χ1v) is 12.0. The third-order valence-corrected chi connectivity index (χ3v) is 6.43. The largest absolute Gasteiger partial charge is 1.00 e. The summed E-state index contributed by atoms with van der Waals surface area (Å²) in [6.07, 6.45) is 16.9. The van der Waals surface area contributed by atoms with E-state index in [4.69, 9.17) is 0 Å². The molecule has 4 nitrogen and oxygen atoms in total. The van der Waals surface area contributed by atoms with E-state index in [-0.39, 0.29) is 57.5 Å². The zero-order valence-electron chi connectivity index (χ0n) is 17.5. The van der Waals surface area contributed by atoms with Crippen molar-refractivity contribution in [2.75, 3.05) is 0 Å². The minimum atomic E-state index is -4.10. The second kappa shape index (κ2) is 19.8. The van der Waals surface area contributed by atoms with E-state index in [1.807, 2.05) is 0 Å². The summed E-state index contributed by atoms with van der Waals surface area (Å²) in [5, 5.41) is 8.96. The molecule has 0 aliphatic rings. The van der Waals surface area contributed by atoms with Crippen LogP contribution >= 0.6 is 0 Å². The van der Waals surface area contributed by atoms with Gasteiger partial charge in [0.05, 0.1) is 16.2 Å². The van der Waals surface area contributed by atoms with E-state index in [0.717, 1.165) is 44.9 Å². The van der Waals surface area contributed by atoms with Crippen LogP contribution in [0.3, 0.4) is 0 Å². The molecule has 0 amide bonds. The Balaban J connectivity index is 0. The smallest absolute Gasteiger partial charge is 0.748 e. The molecular formula is C20H41KO4S. The molecule has 0 fully saturated rings. The summed E-state index contributed by atoms with van der Waals surface area (Å²) in [5.41, 5.74) is 0. The maximum Gasteiger partial charge on any atom is 1.00 e. The van der Waals surface area contributed by atoms with Gasteiger partial charge in [-0.3, -0.25) is 0 Å². The van der Waals surface area contributed by atoms with E-state index in [2.05, 4.69) is 6.92 Å². The Hall–Kier alpha value is 1.51. The molecule has 0 aromatic carbocycles. The molecule has 0 aromatic heterocycles. The molecule has 6 heteroatoms. The fourth-order valence-electron chi connectivity index (χ4n) is 3.37. The molecule has 0 rings (SSSR count). The van der Waals surface area contributed by atoms with Crippen LogP contribution in [0.4, 0.5) is 0 Å². The predicted molar refractivity (Wildman–Crippen MR) is 105 cm³/mol. The van der Waals surface area contributed by atoms with Crippen LogP contribution in [0.2, 0.25) is 0 Å². The fourth-order valence-corrected chi connectivity index (χ4v) is 4.24. The van der Waals surface area contributed by atoms with E-state index in [0.29, 0.717) is 12.8 Å². The van der Waals surface area contributed by atoms with E-state index < -0.39 is 15.4 Å². The first-order valence-electron chi connectivity index (χ1n) is 10.5. The molecule has 0 aliphatic heterocycles. The predicted octanol–water partition coefficient (Wildman–Crippen LogP) is 2.55. The van der Waals surface area contributed by atoms with Gasteiger partial charge >= 0.3 is 51.4 Å². The van der Waals surface area contributed by atoms with Gasteiger partial charge in [0.15, 0.2) is 0 Å². The van der Waals surface area contributed by atoms with Crippen molar-refractivity contribution in [3.05, 3.63) is 0 Å². The van der Waals surface area contributed by atoms with Crippen molar-refractivity contribution in [2.24, 2.45) is 0 Å². The Morgan fingerprint density at radius 3 is 1.46 bits per heavy atom. The summed E-state index contributed by atoms with van der Waals surface area (Å²) in [6, 6.07) is 0. The van der Waals surface area contributed by atoms with Crippen LogP contribution in [-0.4, -0.2) is 29.4 Å². The van der Waals surface area contributed by atoms with Crippen molar-refractivity contribution in [3.63, 3.8) is 0 Å². The number of unbranched alkanes of at least 4 members (excludes halogenated alkanes) is 10. The third-order valence-electron chi connectivity index (χ3n) is 5.05. The Morgan fingerprint density at radius 1 is 0.731 bits per heavy atom. The summed E-state index contributed by atoms with van der Waals surface area (Å²) in [5.74, 6) is 0. The number of aliphatic hydroxyl groups is 1. The summed E-state index contributed by atoms with van der Waals surface area (Å²) in [6.45, 7) is 3.88. The molecule has 0 spiro atoms. The van der Waals surface area contributed by atoms with Crippen molar-refractivity contribution in [2.45, 2.75) is 128 Å². The maximum atomic E-state index is 11.0. The second-order valence-corrected chi connectivity index (χ2v) is 9.08. The Kier molecular flexibility index (Phi) is 22.6. The van der Waals surface area contributed by atoms with Gasteiger partial charge in [-0.15, -0.1) is 0 Å². The zero-order valence-corrected chi connectivity index (χ0v) is 21.5. The van der Waals surface area contributed by atoms with E-state index in [9.17, 15) is 18.1 Å². The molecule has 0 aromatic rings. The number of hydrogen-bond acceptors (Lipinski definition) is 4. The second-order valence-electron chi connectivity index (χ2n) is 7.43. The Morgan fingerprint density at radius 2 is 1.12 bits per heavy atom. The van der Waals surface area contributed by atoms with Crippen LogP contribution in [0.1, 0.15) is 117 Å². The SMILES string of the molecule is CCCC(O)CCCCCCCCCCCCCC(CC)S(=O)(=O)[O-].[K+]. The van der Waals surface area contributed by atoms with Gasteiger partial charge < -0.3 is 9.66 Å². The standard InChI is InChI=1S/C20H42O4S.K/c1-3-16-19(21)17-14-12-10-8-6-5-7-9-11-13-15-18-20(4-2)25(22,23)24;/h19-21H,3-18H2,1-2H3,(H,22,23,24);/q;+1/p-1. The summed E-state index contributed by atoms with van der Waals surface area (Å²) in [4.78, 5) is 0. The minimum absolute atomic E-state index is 0. The summed E-state index contributed by atoms with van der Waals surface area (Å²) < 4.78 is 33.0. The fraction of sp³-hybridized carbons (Fsp3) is 1.00. The van der Waals surface area contributed by atoms with E-state index in [1.165, 1.54) is 44.9 Å². The Bertz CT molecular complexity index is 387. The number of hydrogen-bond donors (Lipinski definition) is 1. The van der Waals surface area contributed by atoms with Crippen LogP contribution in [-0.2, 0) is 10.1 Å². The van der Waals surface area contributed by atoms with Crippen molar-refractivity contribution in [3.8, 4) is 0 Å². The molecule has 0 radical (unpaired) electrons. The van der Waals surface area contributed by atoms with Gasteiger partial charge in [-0.25, -0.2) is 8.42 Å². The maximum absolute atomic E-state index is 11.0. The molecule has 0 saturated heterocycles. The normalized spacial score (nSPS) is 14.0. The van der Waals surface area contributed by atoms with Gasteiger partial charge in [0, 0.05) is 5.25 Å². The average Bonchev–Trinajstić information content (AvgIpc) is 2.54. The summed E-state index contributed by atoms with van der Waals surface area (Å²) in [7, 11) is -4.10. The monoisotopic (exact) mass is 416 g/mol. The van der Waals surface area contributed by atoms with Gasteiger partial charge in [0.25, 0.3) is 0 Å². The molecule has 2 atom stereocenters. The van der Waals surface area contributed by atoms with Crippen molar-refractivity contribution in [1.82, 2.24) is 0 Å². The Labute approximate surface area is 205 Å². The van der Waals surface area contributed by atoms with Gasteiger partial charge in [0.2, 0.25) is 0 Å². The number of aliphatic hydroxyl groups excluding tert-OH is 1. The van der Waals surface area contributed by atoms with Crippen LogP contribution < -0.4 is 51.4 Å². The molecular weight excluding hydrogens is 375 g/mol. The van der Waals surface area contributed by atoms with E-state index in [1.54, 1.807) is 6.92 Å². The van der Waals surface area contributed by atoms with Crippen molar-refractivity contribution < 1.29 is 69.5 Å². The quantitative estimate of drug-likeness (QED) is 0.212. The van der Waals surface area contributed by atoms with Crippen LogP contribution in [0.15, 0.2) is 0 Å². The van der Waals surface area contributed by atoms with Gasteiger partial charge in [-0.1, -0.05) is 90.9 Å². The molecule has 152 valence electrons. The van der Waals surface area contributed by atoms with Gasteiger partial charge in [0.1, 0.15) is 0 Å². The topological polar surface area (TPSA) is 77.4 Å². The number of rotatable bonds is 18. The molecule has 0 bridgehead atoms. The molecule has 26 heavy (non-hydrogen) atoms. The molecule has 0 heterocycles. The zero-order chi connectivity index (χ0) is 19.0. The minimum Gasteiger partial charge on any atom is -0.748 e. The van der Waals surface area contributed by atoms with Crippen LogP contribution in [0, 0.1) is 0 Å². The van der Waals surface area contributed by atoms with Crippen molar-refractivity contribution in [1.29, 1.82) is 0 Å². The average molecular weight is 417 g/mol. The molecule has 2 unspecified atom stereocenters. The van der Waals surface area contributed by atoms with E-state index >= 15 is 0 Å².